The second kappa shape index (κ2) is 11.0. The lowest BCUT2D eigenvalue weighted by molar-refractivity contribution is -0.182. The van der Waals surface area contributed by atoms with E-state index in [0.29, 0.717) is 5.56 Å². The average molecular weight is 653 g/mol. The third-order valence-electron chi connectivity index (χ3n) is 8.40. The highest BCUT2D eigenvalue weighted by molar-refractivity contribution is 8.01. The molecule has 4 aliphatic heterocycles. The van der Waals surface area contributed by atoms with Crippen LogP contribution in [0.1, 0.15) is 45.7 Å². The molecule has 1 unspecified atom stereocenters. The van der Waals surface area contributed by atoms with Crippen LogP contribution in [0.15, 0.2) is 30.3 Å². The van der Waals surface area contributed by atoms with Crippen LogP contribution < -0.4 is 11.1 Å². The zero-order valence-electron chi connectivity index (χ0n) is 24.3. The molecule has 1 aromatic rings. The molecule has 0 aliphatic carbocycles. The third kappa shape index (κ3) is 4.90. The lowest BCUT2D eigenvalue weighted by Crippen LogP contribution is -2.71. The maximum Gasteiger partial charge on any atom is 0.333 e. The normalized spacial score (nSPS) is 31.5. The summed E-state index contributed by atoms with van der Waals surface area (Å²) in [5.41, 5.74) is 6.62. The summed E-state index contributed by atoms with van der Waals surface area (Å²) in [5, 5.41) is 0.815. The van der Waals surface area contributed by atoms with Gasteiger partial charge in [0.05, 0.1) is 6.42 Å². The van der Waals surface area contributed by atoms with Gasteiger partial charge in [-0.3, -0.25) is 19.2 Å². The minimum absolute atomic E-state index is 0.324. The van der Waals surface area contributed by atoms with Crippen LogP contribution in [0, 0.1) is 0 Å². The van der Waals surface area contributed by atoms with E-state index in [4.69, 9.17) is 19.9 Å². The van der Waals surface area contributed by atoms with Gasteiger partial charge in [-0.25, -0.2) is 18.0 Å². The Morgan fingerprint density at radius 3 is 2.23 bits per heavy atom. The molecule has 0 radical (unpaired) electrons. The van der Waals surface area contributed by atoms with Crippen molar-refractivity contribution in [1.82, 2.24) is 15.1 Å². The number of fused-ring (bicyclic) bond motifs is 2. The SMILES string of the molecule is CC(=O)OC[C@@]1(C)[C@H](C(=O)OCOC(=O)[C@@H]2N3C(=O)[C@@H](NC(=O)C(N)c4ccccc4)[C@H]3SC2(C)C)N2C(=O)C[C@H]2S1(=O)=O. The number of benzene rings is 1. The van der Waals surface area contributed by atoms with E-state index in [1.807, 2.05) is 0 Å². The molecule has 4 heterocycles. The number of rotatable bonds is 9. The van der Waals surface area contributed by atoms with Gasteiger partial charge < -0.3 is 35.1 Å². The first-order chi connectivity index (χ1) is 20.5. The Morgan fingerprint density at radius 2 is 1.64 bits per heavy atom. The summed E-state index contributed by atoms with van der Waals surface area (Å²) >= 11 is 1.28. The zero-order valence-corrected chi connectivity index (χ0v) is 25.9. The molecular formula is C27H32N4O11S2. The Morgan fingerprint density at radius 1 is 1.02 bits per heavy atom. The number of amides is 3. The molecule has 4 saturated heterocycles. The monoisotopic (exact) mass is 652 g/mol. The number of carbonyl (C=O) groups is 6. The molecule has 7 atom stereocenters. The summed E-state index contributed by atoms with van der Waals surface area (Å²) in [4.78, 5) is 77.9. The number of thioether (sulfide) groups is 1. The minimum atomic E-state index is -4.13. The maximum atomic E-state index is 13.2. The molecule has 44 heavy (non-hydrogen) atoms. The Bertz CT molecular complexity index is 1530. The van der Waals surface area contributed by atoms with Gasteiger partial charge in [0.1, 0.15) is 40.2 Å². The lowest BCUT2D eigenvalue weighted by Gasteiger charge is -2.44. The predicted octanol–water partition coefficient (Wildman–Crippen LogP) is -1.05. The van der Waals surface area contributed by atoms with Crippen molar-refractivity contribution in [3.63, 3.8) is 0 Å². The Balaban J connectivity index is 1.21. The first-order valence-electron chi connectivity index (χ1n) is 13.6. The second-order valence-electron chi connectivity index (χ2n) is 11.7. The molecule has 0 spiro atoms. The van der Waals surface area contributed by atoms with Crippen molar-refractivity contribution in [2.45, 2.75) is 78.5 Å². The van der Waals surface area contributed by atoms with E-state index >= 15 is 0 Å². The lowest BCUT2D eigenvalue weighted by atomic mass is 9.95. The van der Waals surface area contributed by atoms with Crippen LogP contribution in [0.2, 0.25) is 0 Å². The van der Waals surface area contributed by atoms with Crippen molar-refractivity contribution < 1.29 is 51.4 Å². The van der Waals surface area contributed by atoms with E-state index in [2.05, 4.69) is 5.32 Å². The fraction of sp³-hybridized carbons (Fsp3) is 0.556. The van der Waals surface area contributed by atoms with Crippen LogP contribution >= 0.6 is 11.8 Å². The van der Waals surface area contributed by atoms with Crippen LogP contribution in [0.3, 0.4) is 0 Å². The topological polar surface area (TPSA) is 209 Å². The van der Waals surface area contributed by atoms with E-state index in [1.165, 1.54) is 23.6 Å². The van der Waals surface area contributed by atoms with Crippen LogP contribution in [0.5, 0.6) is 0 Å². The Hall–Kier alpha value is -3.70. The molecule has 238 valence electrons. The summed E-state index contributed by atoms with van der Waals surface area (Å²) in [5.74, 6) is -4.50. The number of nitrogens with one attached hydrogen (secondary N) is 1. The van der Waals surface area contributed by atoms with Crippen molar-refractivity contribution in [2.75, 3.05) is 13.4 Å². The predicted molar refractivity (Wildman–Crippen MR) is 151 cm³/mol. The number of esters is 3. The number of nitrogens with zero attached hydrogens (tertiary/aromatic N) is 2. The molecule has 15 nitrogen and oxygen atoms in total. The average Bonchev–Trinajstić information content (AvgIpc) is 3.30. The van der Waals surface area contributed by atoms with Gasteiger partial charge in [-0.1, -0.05) is 30.3 Å². The summed E-state index contributed by atoms with van der Waals surface area (Å²) in [6.45, 7) is 4.07. The van der Waals surface area contributed by atoms with Crippen molar-refractivity contribution >= 4 is 57.2 Å². The second-order valence-corrected chi connectivity index (χ2v) is 16.0. The summed E-state index contributed by atoms with van der Waals surface area (Å²) in [7, 11) is -4.13. The van der Waals surface area contributed by atoms with E-state index in [1.54, 1.807) is 44.2 Å². The van der Waals surface area contributed by atoms with Crippen LogP contribution in [0.4, 0.5) is 0 Å². The van der Waals surface area contributed by atoms with Gasteiger partial charge in [-0.15, -0.1) is 11.8 Å². The zero-order chi connectivity index (χ0) is 32.4. The summed E-state index contributed by atoms with van der Waals surface area (Å²) in [6.07, 6.45) is -0.324. The molecule has 3 N–H and O–H groups in total. The molecule has 0 aromatic heterocycles. The molecule has 4 aliphatic rings. The Labute approximate surface area is 257 Å². The van der Waals surface area contributed by atoms with E-state index < -0.39 is 103 Å². The molecular weight excluding hydrogens is 620 g/mol. The fourth-order valence-corrected chi connectivity index (χ4v) is 9.87. The number of β-lactam (4-membered cyclic amide) rings is 2. The number of carbonyl (C=O) groups excluding carboxylic acids is 6. The highest BCUT2D eigenvalue weighted by Crippen LogP contribution is 2.51. The molecule has 17 heteroatoms. The van der Waals surface area contributed by atoms with Crippen molar-refractivity contribution in [1.29, 1.82) is 0 Å². The number of sulfone groups is 1. The first kappa shape index (κ1) is 31.7. The molecule has 0 bridgehead atoms. The molecule has 4 fully saturated rings. The highest BCUT2D eigenvalue weighted by atomic mass is 32.2. The number of ether oxygens (including phenoxy) is 3. The number of hydrogen-bond acceptors (Lipinski definition) is 13. The quantitative estimate of drug-likeness (QED) is 0.186. The molecule has 0 saturated carbocycles. The van der Waals surface area contributed by atoms with Crippen molar-refractivity contribution in [2.24, 2.45) is 5.73 Å². The maximum absolute atomic E-state index is 13.2. The molecule has 3 amide bonds. The van der Waals surface area contributed by atoms with Crippen LogP contribution in [0.25, 0.3) is 0 Å². The highest BCUT2D eigenvalue weighted by Gasteiger charge is 2.71. The standard InChI is InChI=1S/C27H32N4O11S2/c1-13(32)40-11-27(4)20(30-15(33)10-16(30)44(27,38)39)25(37)42-12-41-24(36)19-26(2,3)43-23-18(22(35)31(19)23)29-21(34)17(28)14-8-6-5-7-9-14/h5-9,16-20,23H,10-12,28H2,1-4H3,(H,29,34)/t16-,17?,18-,19+,20+,23-,27+/m1/s1. The van der Waals surface area contributed by atoms with Crippen molar-refractivity contribution in [3.8, 4) is 0 Å². The fourth-order valence-electron chi connectivity index (χ4n) is 5.98. The van der Waals surface area contributed by atoms with Crippen LogP contribution in [-0.4, -0.2) is 106 Å². The van der Waals surface area contributed by atoms with E-state index in [-0.39, 0.29) is 6.42 Å². The van der Waals surface area contributed by atoms with Gasteiger partial charge in [0, 0.05) is 11.7 Å². The van der Waals surface area contributed by atoms with Crippen molar-refractivity contribution in [3.05, 3.63) is 35.9 Å². The number of hydrogen-bond donors (Lipinski definition) is 2. The first-order valence-corrected chi connectivity index (χ1v) is 16.1. The van der Waals surface area contributed by atoms with Gasteiger partial charge in [-0.05, 0) is 26.3 Å². The molecule has 5 rings (SSSR count). The van der Waals surface area contributed by atoms with Gasteiger partial charge in [0.2, 0.25) is 24.5 Å². The largest absolute Gasteiger partial charge is 0.464 e. The van der Waals surface area contributed by atoms with Crippen LogP contribution in [-0.2, 0) is 52.8 Å². The van der Waals surface area contributed by atoms with Gasteiger partial charge >= 0.3 is 17.9 Å². The summed E-state index contributed by atoms with van der Waals surface area (Å²) in [6, 6.07) is 3.99. The smallest absolute Gasteiger partial charge is 0.333 e. The third-order valence-corrected chi connectivity index (χ3v) is 12.7. The Kier molecular flexibility index (Phi) is 7.95. The minimum Gasteiger partial charge on any atom is -0.464 e. The summed E-state index contributed by atoms with van der Waals surface area (Å²) < 4.78 is 38.6. The van der Waals surface area contributed by atoms with Gasteiger partial charge in [-0.2, -0.15) is 0 Å². The molecule has 1 aromatic carbocycles. The number of nitrogens with two attached hydrogens (primary N) is 1. The van der Waals surface area contributed by atoms with E-state index in [9.17, 15) is 37.2 Å². The van der Waals surface area contributed by atoms with Gasteiger partial charge in [0.25, 0.3) is 0 Å². The van der Waals surface area contributed by atoms with E-state index in [0.717, 1.165) is 11.8 Å². The van der Waals surface area contributed by atoms with Gasteiger partial charge in [0.15, 0.2) is 15.9 Å².